The molecule has 4 amide bonds. The van der Waals surface area contributed by atoms with E-state index in [1.54, 1.807) is 19.1 Å². The Labute approximate surface area is 210 Å². The standard InChI is InChI=1S/C24H24F3N5O3S/c1-3-29-22(33)32-21(16-7-6-14(11-28)9-19(16)36-2)17-13-35-8-4-5-18(17)31(23(32)34)20-10-15(12-30-20)24(25,26)27/h6-7,10,12,14,21H,3-5,8-9,13H2,1-2H3/p+1. The first-order valence-corrected chi connectivity index (χ1v) is 12.7. The van der Waals surface area contributed by atoms with Gasteiger partial charge in [-0.3, -0.25) is 0 Å². The molecular weight excluding hydrogens is 495 g/mol. The van der Waals surface area contributed by atoms with Gasteiger partial charge in [-0.1, -0.05) is 12.2 Å². The molecule has 2 unspecified atom stereocenters. The Morgan fingerprint density at radius 1 is 1.42 bits per heavy atom. The van der Waals surface area contributed by atoms with Crippen LogP contribution in [0.25, 0.3) is 0 Å². The SMILES string of the molecule is CCNC(=O)N1C(=O)N(C2=[N+]=CC(C(F)(F)F)=C2)C2=C(COCCC2)C1C1=C(SC)CC(C#N)C=C1. The monoisotopic (exact) mass is 520 g/mol. The van der Waals surface area contributed by atoms with Gasteiger partial charge in [0, 0.05) is 25.1 Å². The number of hydrogen-bond donors (Lipinski definition) is 1. The number of allylic oxidation sites excluding steroid dienone is 4. The largest absolute Gasteiger partial charge is 0.426 e. The molecule has 4 rings (SSSR count). The van der Waals surface area contributed by atoms with Crippen molar-refractivity contribution in [3.8, 4) is 6.07 Å². The maximum atomic E-state index is 13.9. The third kappa shape index (κ3) is 4.74. The van der Waals surface area contributed by atoms with Gasteiger partial charge in [0.1, 0.15) is 11.3 Å². The summed E-state index contributed by atoms with van der Waals surface area (Å²) >= 11 is 1.44. The summed E-state index contributed by atoms with van der Waals surface area (Å²) in [5, 5.41) is 12.1. The van der Waals surface area contributed by atoms with Crippen LogP contribution in [0.15, 0.2) is 45.5 Å². The van der Waals surface area contributed by atoms with Crippen molar-refractivity contribution in [3.63, 3.8) is 0 Å². The Morgan fingerprint density at radius 2 is 2.19 bits per heavy atom. The van der Waals surface area contributed by atoms with Gasteiger partial charge < -0.3 is 10.1 Å². The first kappa shape index (κ1) is 25.8. The number of rotatable bonds is 3. The van der Waals surface area contributed by atoms with E-state index < -0.39 is 29.9 Å². The van der Waals surface area contributed by atoms with Crippen molar-refractivity contribution in [2.75, 3.05) is 26.0 Å². The van der Waals surface area contributed by atoms with E-state index in [1.165, 1.54) is 11.8 Å². The molecule has 0 spiro atoms. The summed E-state index contributed by atoms with van der Waals surface area (Å²) in [7, 11) is 0. The molecule has 4 aliphatic rings. The van der Waals surface area contributed by atoms with Crippen LogP contribution < -0.4 is 9.98 Å². The summed E-state index contributed by atoms with van der Waals surface area (Å²) < 4.78 is 49.7. The van der Waals surface area contributed by atoms with Gasteiger partial charge in [-0.15, -0.1) is 16.7 Å². The summed E-state index contributed by atoms with van der Waals surface area (Å²) in [5.74, 6) is -0.532. The van der Waals surface area contributed by atoms with Crippen molar-refractivity contribution >= 4 is 35.9 Å². The van der Waals surface area contributed by atoms with Crippen LogP contribution in [0.1, 0.15) is 26.2 Å². The number of alkyl halides is 3. The highest BCUT2D eigenvalue weighted by molar-refractivity contribution is 8.02. The van der Waals surface area contributed by atoms with Crippen molar-refractivity contribution in [2.24, 2.45) is 5.92 Å². The van der Waals surface area contributed by atoms with Crippen LogP contribution in [-0.4, -0.2) is 72.1 Å². The second-order valence-corrected chi connectivity index (χ2v) is 9.35. The van der Waals surface area contributed by atoms with Gasteiger partial charge >= 0.3 is 24.1 Å². The lowest BCUT2D eigenvalue weighted by atomic mass is 9.87. The van der Waals surface area contributed by atoms with Crippen LogP contribution in [0, 0.1) is 17.2 Å². The number of ether oxygens (including phenoxy) is 1. The number of halogens is 3. The number of imide groups is 1. The van der Waals surface area contributed by atoms with Crippen molar-refractivity contribution in [1.29, 1.82) is 5.26 Å². The van der Waals surface area contributed by atoms with E-state index in [2.05, 4.69) is 16.1 Å². The molecule has 0 bridgehead atoms. The van der Waals surface area contributed by atoms with E-state index in [0.717, 1.165) is 20.8 Å². The highest BCUT2D eigenvalue weighted by Crippen LogP contribution is 2.41. The van der Waals surface area contributed by atoms with E-state index >= 15 is 0 Å². The van der Waals surface area contributed by atoms with Crippen LogP contribution in [-0.2, 0) is 4.74 Å². The lowest BCUT2D eigenvalue weighted by molar-refractivity contribution is -0.0854. The molecular formula is C24H25F3N5O3S+. The van der Waals surface area contributed by atoms with Crippen LogP contribution in [0.3, 0.4) is 0 Å². The molecule has 0 fully saturated rings. The number of urea groups is 2. The van der Waals surface area contributed by atoms with Crippen molar-refractivity contribution < 1.29 is 27.5 Å². The second kappa shape index (κ2) is 10.4. The first-order valence-electron chi connectivity index (χ1n) is 11.5. The fourth-order valence-corrected chi connectivity index (χ4v) is 5.37. The Morgan fingerprint density at radius 3 is 2.83 bits per heavy atom. The van der Waals surface area contributed by atoms with E-state index in [1.807, 2.05) is 6.26 Å². The number of nitrogens with one attached hydrogen (secondary N) is 1. The zero-order valence-corrected chi connectivity index (χ0v) is 20.6. The number of carbonyl (C=O) groups is 2. The zero-order valence-electron chi connectivity index (χ0n) is 19.8. The predicted octanol–water partition coefficient (Wildman–Crippen LogP) is 3.64. The number of carbonyl (C=O) groups excluding carboxylic acids is 2. The fourth-order valence-electron chi connectivity index (χ4n) is 4.61. The molecule has 36 heavy (non-hydrogen) atoms. The van der Waals surface area contributed by atoms with Crippen LogP contribution in [0.2, 0.25) is 0 Å². The van der Waals surface area contributed by atoms with Crippen molar-refractivity contribution in [1.82, 2.24) is 19.8 Å². The molecule has 1 N–H and O–H groups in total. The second-order valence-electron chi connectivity index (χ2n) is 8.45. The lowest BCUT2D eigenvalue weighted by Gasteiger charge is -2.39. The van der Waals surface area contributed by atoms with Gasteiger partial charge in [0.15, 0.2) is 0 Å². The van der Waals surface area contributed by atoms with Crippen molar-refractivity contribution in [2.45, 2.75) is 38.4 Å². The van der Waals surface area contributed by atoms with Gasteiger partial charge in [-0.25, -0.2) is 19.2 Å². The predicted molar refractivity (Wildman–Crippen MR) is 130 cm³/mol. The zero-order chi connectivity index (χ0) is 26.0. The molecule has 0 aromatic rings. The molecule has 8 nitrogen and oxygen atoms in total. The lowest BCUT2D eigenvalue weighted by Crippen LogP contribution is -2.60. The van der Waals surface area contributed by atoms with Gasteiger partial charge in [0.05, 0.1) is 30.7 Å². The average Bonchev–Trinajstić information content (AvgIpc) is 3.22. The molecule has 0 aromatic heterocycles. The van der Waals surface area contributed by atoms with Crippen LogP contribution in [0.4, 0.5) is 22.8 Å². The third-order valence-corrected chi connectivity index (χ3v) is 7.15. The van der Waals surface area contributed by atoms with Gasteiger partial charge in [0.25, 0.3) is 0 Å². The number of nitrogens with zero attached hydrogens (tertiary/aromatic N) is 4. The molecule has 3 heterocycles. The Hall–Kier alpha value is -3.26. The average molecular weight is 521 g/mol. The third-order valence-electron chi connectivity index (χ3n) is 6.25. The fraction of sp³-hybridized carbons (Fsp3) is 0.458. The summed E-state index contributed by atoms with van der Waals surface area (Å²) in [6.45, 7) is 2.43. The van der Waals surface area contributed by atoms with E-state index in [9.17, 15) is 28.0 Å². The minimum Gasteiger partial charge on any atom is -0.377 e. The molecule has 0 aromatic carbocycles. The molecule has 3 aliphatic heterocycles. The first-order chi connectivity index (χ1) is 17.2. The number of thioether (sulfide) groups is 1. The number of hydrogen-bond acceptors (Lipinski definition) is 5. The molecule has 190 valence electrons. The Kier molecular flexibility index (Phi) is 7.45. The molecule has 1 aliphatic carbocycles. The number of amidine groups is 1. The van der Waals surface area contributed by atoms with Crippen LogP contribution >= 0.6 is 11.8 Å². The van der Waals surface area contributed by atoms with Crippen molar-refractivity contribution in [3.05, 3.63) is 45.5 Å². The minimum absolute atomic E-state index is 0.0905. The molecule has 2 atom stereocenters. The highest BCUT2D eigenvalue weighted by atomic mass is 32.2. The smallest absolute Gasteiger partial charge is 0.377 e. The summed E-state index contributed by atoms with van der Waals surface area (Å²) in [6, 6.07) is -0.0755. The highest BCUT2D eigenvalue weighted by Gasteiger charge is 2.52. The molecule has 0 saturated carbocycles. The Bertz CT molecular complexity index is 1200. The summed E-state index contributed by atoms with van der Waals surface area (Å²) in [4.78, 5) is 30.2. The minimum atomic E-state index is -4.63. The van der Waals surface area contributed by atoms with Gasteiger partial charge in [-0.2, -0.15) is 18.4 Å². The molecule has 12 heteroatoms. The van der Waals surface area contributed by atoms with Gasteiger partial charge in [0.2, 0.25) is 6.21 Å². The van der Waals surface area contributed by atoms with Gasteiger partial charge in [-0.05, 0) is 36.5 Å². The molecule has 0 radical (unpaired) electrons. The number of nitriles is 1. The quantitative estimate of drug-likeness (QED) is 0.573. The van der Waals surface area contributed by atoms with E-state index in [-0.39, 0.29) is 24.9 Å². The van der Waals surface area contributed by atoms with Crippen LogP contribution in [0.5, 0.6) is 0 Å². The summed E-state index contributed by atoms with van der Waals surface area (Å²) in [6.07, 6.45) is 3.58. The normalized spacial score (nSPS) is 24.4. The Balaban J connectivity index is 1.91. The summed E-state index contributed by atoms with van der Waals surface area (Å²) in [5.41, 5.74) is 0.807. The maximum Gasteiger partial charge on any atom is 0.426 e. The molecule has 0 saturated heterocycles. The van der Waals surface area contributed by atoms with E-state index in [4.69, 9.17) is 4.74 Å². The number of amides is 4. The maximum absolute atomic E-state index is 13.9. The topological polar surface area (TPSA) is 99.8 Å². The van der Waals surface area contributed by atoms with E-state index in [0.29, 0.717) is 48.9 Å².